The minimum Gasteiger partial charge on any atom is -0.0843 e. The van der Waals surface area contributed by atoms with Crippen LogP contribution in [0.15, 0.2) is 30.3 Å². The van der Waals surface area contributed by atoms with E-state index < -0.39 is 0 Å². The van der Waals surface area contributed by atoms with E-state index in [1.54, 1.807) is 12.1 Å². The maximum atomic E-state index is 6.20. The van der Waals surface area contributed by atoms with Crippen molar-refractivity contribution in [2.24, 2.45) is 0 Å². The van der Waals surface area contributed by atoms with E-state index in [0.29, 0.717) is 20.1 Å². The third-order valence-electron chi connectivity index (χ3n) is 2.48. The fourth-order valence-corrected chi connectivity index (χ4v) is 2.73. The molecule has 0 amide bonds. The molecule has 0 heterocycles. The van der Waals surface area contributed by atoms with Crippen LogP contribution in [0, 0.1) is 6.92 Å². The Morgan fingerprint density at radius 2 is 1.59 bits per heavy atom. The summed E-state index contributed by atoms with van der Waals surface area (Å²) in [5.74, 6) is 0. The van der Waals surface area contributed by atoms with Crippen LogP contribution in [0.4, 0.5) is 0 Å². The molecular formula is C13H8Cl4. The van der Waals surface area contributed by atoms with Crippen molar-refractivity contribution in [2.45, 2.75) is 6.92 Å². The lowest BCUT2D eigenvalue weighted by molar-refractivity contribution is 1.46. The summed E-state index contributed by atoms with van der Waals surface area (Å²) < 4.78 is 0. The van der Waals surface area contributed by atoms with Gasteiger partial charge in [-0.15, -0.1) is 0 Å². The Labute approximate surface area is 120 Å². The zero-order valence-corrected chi connectivity index (χ0v) is 11.9. The SMILES string of the molecule is Cc1cccc(Cl)c1-c1cc(Cl)cc(Cl)c1Cl. The molecule has 88 valence electrons. The molecule has 0 spiro atoms. The fraction of sp³-hybridized carbons (Fsp3) is 0.0769. The second-order valence-corrected chi connectivity index (χ2v) is 5.31. The van der Waals surface area contributed by atoms with Crippen LogP contribution in [0.3, 0.4) is 0 Å². The molecule has 0 saturated heterocycles. The van der Waals surface area contributed by atoms with Gasteiger partial charge in [0.15, 0.2) is 0 Å². The highest BCUT2D eigenvalue weighted by Gasteiger charge is 2.13. The van der Waals surface area contributed by atoms with Gasteiger partial charge in [-0.1, -0.05) is 58.5 Å². The molecule has 0 N–H and O–H groups in total. The second-order valence-electron chi connectivity index (χ2n) is 3.68. The van der Waals surface area contributed by atoms with E-state index in [1.807, 2.05) is 25.1 Å². The molecule has 0 fully saturated rings. The first-order chi connectivity index (χ1) is 8.00. The molecule has 0 aliphatic heterocycles. The van der Waals surface area contributed by atoms with E-state index in [0.717, 1.165) is 16.7 Å². The van der Waals surface area contributed by atoms with E-state index in [-0.39, 0.29) is 0 Å². The predicted molar refractivity (Wildman–Crippen MR) is 76.7 cm³/mol. The molecule has 2 aromatic rings. The number of halogens is 4. The van der Waals surface area contributed by atoms with Crippen LogP contribution in [0.5, 0.6) is 0 Å². The molecule has 17 heavy (non-hydrogen) atoms. The molecule has 0 aliphatic carbocycles. The smallest absolute Gasteiger partial charge is 0.0672 e. The molecule has 0 aromatic heterocycles. The van der Waals surface area contributed by atoms with Gasteiger partial charge in [0, 0.05) is 21.2 Å². The fourth-order valence-electron chi connectivity index (χ4n) is 1.71. The van der Waals surface area contributed by atoms with Crippen molar-refractivity contribution < 1.29 is 0 Å². The Morgan fingerprint density at radius 3 is 2.24 bits per heavy atom. The van der Waals surface area contributed by atoms with Crippen molar-refractivity contribution >= 4 is 46.4 Å². The summed E-state index contributed by atoms with van der Waals surface area (Å²) in [5.41, 5.74) is 2.65. The monoisotopic (exact) mass is 304 g/mol. The van der Waals surface area contributed by atoms with Crippen molar-refractivity contribution in [3.05, 3.63) is 56.0 Å². The highest BCUT2D eigenvalue weighted by molar-refractivity contribution is 6.45. The van der Waals surface area contributed by atoms with Crippen LogP contribution in [-0.4, -0.2) is 0 Å². The lowest BCUT2D eigenvalue weighted by Crippen LogP contribution is -1.87. The molecule has 0 atom stereocenters. The van der Waals surface area contributed by atoms with E-state index in [9.17, 15) is 0 Å². The number of benzene rings is 2. The maximum absolute atomic E-state index is 6.20. The summed E-state index contributed by atoms with van der Waals surface area (Å²) in [5, 5.41) is 2.06. The summed E-state index contributed by atoms with van der Waals surface area (Å²) in [7, 11) is 0. The first-order valence-corrected chi connectivity index (χ1v) is 6.42. The van der Waals surface area contributed by atoms with Crippen molar-refractivity contribution in [3.8, 4) is 11.1 Å². The van der Waals surface area contributed by atoms with Crippen LogP contribution in [0.1, 0.15) is 5.56 Å². The van der Waals surface area contributed by atoms with Gasteiger partial charge >= 0.3 is 0 Å². The lowest BCUT2D eigenvalue weighted by atomic mass is 10.0. The molecule has 0 radical (unpaired) electrons. The normalized spacial score (nSPS) is 10.6. The molecule has 0 saturated carbocycles. The Hall–Kier alpha value is -0.400. The van der Waals surface area contributed by atoms with Gasteiger partial charge in [-0.25, -0.2) is 0 Å². The molecule has 0 unspecified atom stereocenters. The summed E-state index contributed by atoms with van der Waals surface area (Å²) in [6.45, 7) is 1.96. The highest BCUT2D eigenvalue weighted by atomic mass is 35.5. The summed E-state index contributed by atoms with van der Waals surface area (Å²) in [6, 6.07) is 9.05. The Bertz CT molecular complexity index is 556. The van der Waals surface area contributed by atoms with Gasteiger partial charge in [-0.3, -0.25) is 0 Å². The third kappa shape index (κ3) is 2.56. The molecule has 2 rings (SSSR count). The molecule has 0 aliphatic rings. The second kappa shape index (κ2) is 5.07. The average Bonchev–Trinajstić information content (AvgIpc) is 2.24. The largest absolute Gasteiger partial charge is 0.0843 e. The summed E-state index contributed by atoms with van der Waals surface area (Å²) in [4.78, 5) is 0. The Morgan fingerprint density at radius 1 is 0.882 bits per heavy atom. The van der Waals surface area contributed by atoms with Gasteiger partial charge in [0.05, 0.1) is 10.0 Å². The molecule has 0 bridgehead atoms. The molecule has 4 heteroatoms. The van der Waals surface area contributed by atoms with Gasteiger partial charge in [0.2, 0.25) is 0 Å². The van der Waals surface area contributed by atoms with Crippen LogP contribution >= 0.6 is 46.4 Å². The van der Waals surface area contributed by atoms with Crippen molar-refractivity contribution in [2.75, 3.05) is 0 Å². The van der Waals surface area contributed by atoms with Crippen molar-refractivity contribution in [1.29, 1.82) is 0 Å². The molecule has 0 nitrogen and oxygen atoms in total. The molecular weight excluding hydrogens is 298 g/mol. The van der Waals surface area contributed by atoms with Gasteiger partial charge in [-0.2, -0.15) is 0 Å². The quantitative estimate of drug-likeness (QED) is 0.544. The first kappa shape index (κ1) is 13.0. The van der Waals surface area contributed by atoms with Crippen LogP contribution in [-0.2, 0) is 0 Å². The average molecular weight is 306 g/mol. The van der Waals surface area contributed by atoms with Gasteiger partial charge < -0.3 is 0 Å². The van der Waals surface area contributed by atoms with Crippen LogP contribution in [0.25, 0.3) is 11.1 Å². The van der Waals surface area contributed by atoms with Crippen molar-refractivity contribution in [3.63, 3.8) is 0 Å². The minimum absolute atomic E-state index is 0.425. The Kier molecular flexibility index (Phi) is 3.89. The van der Waals surface area contributed by atoms with Crippen LogP contribution in [0.2, 0.25) is 20.1 Å². The van der Waals surface area contributed by atoms with Crippen molar-refractivity contribution in [1.82, 2.24) is 0 Å². The highest BCUT2D eigenvalue weighted by Crippen LogP contribution is 2.40. The zero-order chi connectivity index (χ0) is 12.6. The van der Waals surface area contributed by atoms with E-state index >= 15 is 0 Å². The summed E-state index contributed by atoms with van der Waals surface area (Å²) >= 11 is 24.4. The number of aryl methyl sites for hydroxylation is 1. The third-order valence-corrected chi connectivity index (χ3v) is 3.82. The minimum atomic E-state index is 0.425. The van der Waals surface area contributed by atoms with E-state index in [4.69, 9.17) is 46.4 Å². The van der Waals surface area contributed by atoms with E-state index in [2.05, 4.69) is 0 Å². The van der Waals surface area contributed by atoms with Crippen LogP contribution < -0.4 is 0 Å². The number of rotatable bonds is 1. The topological polar surface area (TPSA) is 0 Å². The maximum Gasteiger partial charge on any atom is 0.0672 e. The molecule has 2 aromatic carbocycles. The van der Waals surface area contributed by atoms with E-state index in [1.165, 1.54) is 0 Å². The summed E-state index contributed by atoms with van der Waals surface area (Å²) in [6.07, 6.45) is 0. The standard InChI is InChI=1S/C13H8Cl4/c1-7-3-2-4-10(15)12(7)9-5-8(14)6-11(16)13(9)17/h2-6H,1H3. The van der Waals surface area contributed by atoms with Gasteiger partial charge in [0.1, 0.15) is 0 Å². The van der Waals surface area contributed by atoms with Gasteiger partial charge in [0.25, 0.3) is 0 Å². The zero-order valence-electron chi connectivity index (χ0n) is 8.90. The van der Waals surface area contributed by atoms with Gasteiger partial charge in [-0.05, 0) is 30.7 Å². The number of hydrogen-bond acceptors (Lipinski definition) is 0. The first-order valence-electron chi connectivity index (χ1n) is 4.90. The lowest BCUT2D eigenvalue weighted by Gasteiger charge is -2.11. The Balaban J connectivity index is 2.77. The predicted octanol–water partition coefficient (Wildman–Crippen LogP) is 6.28. The number of hydrogen-bond donors (Lipinski definition) is 0.